The number of aromatic nitrogens is 2. The molecule has 0 saturated carbocycles. The Hall–Kier alpha value is -1.37. The number of hydrogen-bond donors (Lipinski definition) is 1. The number of aromatic amines is 1. The molecule has 1 aliphatic rings. The van der Waals surface area contributed by atoms with Crippen molar-refractivity contribution in [2.24, 2.45) is 0 Å². The summed E-state index contributed by atoms with van der Waals surface area (Å²) < 4.78 is 27.7. The number of halogens is 1. The average molecular weight is 354 g/mol. The zero-order valence-electron chi connectivity index (χ0n) is 13.2. The van der Waals surface area contributed by atoms with Crippen LogP contribution in [0.3, 0.4) is 0 Å². The van der Waals surface area contributed by atoms with Crippen LogP contribution in [0.2, 0.25) is 5.02 Å². The number of H-pyrrole nitrogens is 1. The summed E-state index contributed by atoms with van der Waals surface area (Å²) in [6.45, 7) is 4.03. The molecule has 3 rings (SSSR count). The number of benzene rings is 1. The Morgan fingerprint density at radius 3 is 2.61 bits per heavy atom. The van der Waals surface area contributed by atoms with Crippen LogP contribution in [-0.2, 0) is 16.4 Å². The highest BCUT2D eigenvalue weighted by molar-refractivity contribution is 7.89. The molecule has 1 aromatic heterocycles. The minimum Gasteiger partial charge on any atom is -0.281 e. The molecule has 23 heavy (non-hydrogen) atoms. The first kappa shape index (κ1) is 16.5. The maximum atomic E-state index is 13.0. The van der Waals surface area contributed by atoms with Crippen LogP contribution in [0.15, 0.2) is 29.2 Å². The summed E-state index contributed by atoms with van der Waals surface area (Å²) >= 11 is 5.92. The van der Waals surface area contributed by atoms with Crippen LogP contribution >= 0.6 is 11.6 Å². The molecule has 0 radical (unpaired) electrons. The van der Waals surface area contributed by atoms with Gasteiger partial charge in [-0.25, -0.2) is 8.42 Å². The smallest absolute Gasteiger partial charge is 0.246 e. The van der Waals surface area contributed by atoms with E-state index in [1.807, 2.05) is 24.3 Å². The van der Waals surface area contributed by atoms with Crippen LogP contribution in [0.25, 0.3) is 0 Å². The molecule has 2 heterocycles. The third kappa shape index (κ3) is 3.16. The molecule has 1 aliphatic heterocycles. The highest BCUT2D eigenvalue weighted by Crippen LogP contribution is 2.30. The van der Waals surface area contributed by atoms with Gasteiger partial charge in [0.15, 0.2) is 0 Å². The van der Waals surface area contributed by atoms with Gasteiger partial charge in [-0.3, -0.25) is 5.10 Å². The summed E-state index contributed by atoms with van der Waals surface area (Å²) in [7, 11) is -3.52. The molecule has 1 fully saturated rings. The summed E-state index contributed by atoms with van der Waals surface area (Å²) in [5.74, 6) is 0. The second kappa shape index (κ2) is 6.26. The lowest BCUT2D eigenvalue weighted by molar-refractivity contribution is 0.385. The lowest BCUT2D eigenvalue weighted by atomic mass is 10.1. The van der Waals surface area contributed by atoms with Gasteiger partial charge in [-0.1, -0.05) is 23.7 Å². The van der Waals surface area contributed by atoms with Crippen molar-refractivity contribution in [1.29, 1.82) is 0 Å². The van der Waals surface area contributed by atoms with E-state index >= 15 is 0 Å². The van der Waals surface area contributed by atoms with Crippen molar-refractivity contribution in [2.45, 2.75) is 44.0 Å². The van der Waals surface area contributed by atoms with Gasteiger partial charge in [0.05, 0.1) is 11.4 Å². The fourth-order valence-electron chi connectivity index (χ4n) is 3.26. The van der Waals surface area contributed by atoms with Gasteiger partial charge in [0.2, 0.25) is 10.0 Å². The number of rotatable bonds is 4. The van der Waals surface area contributed by atoms with Crippen LogP contribution < -0.4 is 0 Å². The SMILES string of the molecule is Cc1n[nH]c(C)c1S(=O)(=O)N1CCCC1Cc1ccc(Cl)cc1. The molecule has 1 saturated heterocycles. The lowest BCUT2D eigenvalue weighted by Crippen LogP contribution is -2.37. The van der Waals surface area contributed by atoms with Gasteiger partial charge in [-0.2, -0.15) is 9.40 Å². The molecule has 0 bridgehead atoms. The minimum absolute atomic E-state index is 0.0186. The van der Waals surface area contributed by atoms with Crippen molar-refractivity contribution in [1.82, 2.24) is 14.5 Å². The molecule has 1 atom stereocenters. The van der Waals surface area contributed by atoms with Crippen molar-refractivity contribution in [3.8, 4) is 0 Å². The second-order valence-electron chi connectivity index (χ2n) is 6.01. The van der Waals surface area contributed by atoms with Gasteiger partial charge < -0.3 is 0 Å². The number of aryl methyl sites for hydroxylation is 2. The average Bonchev–Trinajstić information content (AvgIpc) is 3.09. The monoisotopic (exact) mass is 353 g/mol. The molecule has 7 heteroatoms. The zero-order valence-corrected chi connectivity index (χ0v) is 14.8. The highest BCUT2D eigenvalue weighted by atomic mass is 35.5. The van der Waals surface area contributed by atoms with Crippen LogP contribution in [0, 0.1) is 13.8 Å². The Bertz CT molecular complexity index is 780. The minimum atomic E-state index is -3.52. The Morgan fingerprint density at radius 2 is 2.00 bits per heavy atom. The van der Waals surface area contributed by atoms with Gasteiger partial charge in [-0.15, -0.1) is 0 Å². The van der Waals surface area contributed by atoms with Crippen LogP contribution in [0.5, 0.6) is 0 Å². The lowest BCUT2D eigenvalue weighted by Gasteiger charge is -2.24. The topological polar surface area (TPSA) is 66.1 Å². The summed E-state index contributed by atoms with van der Waals surface area (Å²) in [6.07, 6.45) is 2.46. The van der Waals surface area contributed by atoms with E-state index in [0.717, 1.165) is 18.4 Å². The predicted octanol–water partition coefficient (Wildman–Crippen LogP) is 3.08. The van der Waals surface area contributed by atoms with Gasteiger partial charge in [0, 0.05) is 17.6 Å². The van der Waals surface area contributed by atoms with Crippen molar-refractivity contribution >= 4 is 21.6 Å². The van der Waals surface area contributed by atoms with Crippen molar-refractivity contribution in [2.75, 3.05) is 6.54 Å². The van der Waals surface area contributed by atoms with E-state index in [4.69, 9.17) is 11.6 Å². The molecular weight excluding hydrogens is 334 g/mol. The van der Waals surface area contributed by atoms with E-state index in [0.29, 0.717) is 34.3 Å². The Morgan fingerprint density at radius 1 is 1.30 bits per heavy atom. The van der Waals surface area contributed by atoms with E-state index in [2.05, 4.69) is 10.2 Å². The third-order valence-corrected chi connectivity index (χ3v) is 6.80. The summed E-state index contributed by atoms with van der Waals surface area (Å²) in [5.41, 5.74) is 2.22. The Labute approximate surface area is 141 Å². The fraction of sp³-hybridized carbons (Fsp3) is 0.438. The summed E-state index contributed by atoms with van der Waals surface area (Å²) in [5, 5.41) is 7.48. The molecule has 0 spiro atoms. The molecule has 1 aromatic carbocycles. The van der Waals surface area contributed by atoms with Crippen molar-refractivity contribution in [3.63, 3.8) is 0 Å². The summed E-state index contributed by atoms with van der Waals surface area (Å²) in [4.78, 5) is 0.320. The van der Waals surface area contributed by atoms with Gasteiger partial charge >= 0.3 is 0 Å². The van der Waals surface area contributed by atoms with Crippen LogP contribution in [-0.4, -0.2) is 35.5 Å². The van der Waals surface area contributed by atoms with Crippen LogP contribution in [0.4, 0.5) is 0 Å². The van der Waals surface area contributed by atoms with E-state index in [-0.39, 0.29) is 6.04 Å². The van der Waals surface area contributed by atoms with E-state index in [1.54, 1.807) is 18.2 Å². The largest absolute Gasteiger partial charge is 0.281 e. The highest BCUT2D eigenvalue weighted by Gasteiger charge is 2.37. The van der Waals surface area contributed by atoms with Crippen LogP contribution in [0.1, 0.15) is 29.8 Å². The van der Waals surface area contributed by atoms with Gasteiger partial charge in [-0.05, 0) is 50.8 Å². The zero-order chi connectivity index (χ0) is 16.6. The molecule has 5 nitrogen and oxygen atoms in total. The molecule has 1 unspecified atom stereocenters. The first-order valence-corrected chi connectivity index (χ1v) is 9.49. The molecule has 0 amide bonds. The fourth-order valence-corrected chi connectivity index (χ4v) is 5.41. The second-order valence-corrected chi connectivity index (χ2v) is 8.27. The van der Waals surface area contributed by atoms with Crippen molar-refractivity contribution in [3.05, 3.63) is 46.2 Å². The van der Waals surface area contributed by atoms with Gasteiger partial charge in [0.1, 0.15) is 4.90 Å². The van der Waals surface area contributed by atoms with Gasteiger partial charge in [0.25, 0.3) is 0 Å². The van der Waals surface area contributed by atoms with E-state index < -0.39 is 10.0 Å². The Balaban J connectivity index is 1.88. The normalized spacial score (nSPS) is 19.3. The standard InChI is InChI=1S/C16H20ClN3O2S/c1-11-16(12(2)19-18-11)23(21,22)20-9-3-4-15(20)10-13-5-7-14(17)8-6-13/h5-8,15H,3-4,9-10H2,1-2H3,(H,18,19). The Kier molecular flexibility index (Phi) is 4.49. The van der Waals surface area contributed by atoms with Crippen molar-refractivity contribution < 1.29 is 8.42 Å². The summed E-state index contributed by atoms with van der Waals surface area (Å²) in [6, 6.07) is 7.58. The van der Waals surface area contributed by atoms with E-state index in [9.17, 15) is 8.42 Å². The number of sulfonamides is 1. The maximum absolute atomic E-state index is 13.0. The first-order chi connectivity index (χ1) is 10.9. The number of nitrogens with zero attached hydrogens (tertiary/aromatic N) is 2. The molecule has 0 aliphatic carbocycles. The molecule has 1 N–H and O–H groups in total. The van der Waals surface area contributed by atoms with E-state index in [1.165, 1.54) is 0 Å². The number of hydrogen-bond acceptors (Lipinski definition) is 3. The third-order valence-electron chi connectivity index (χ3n) is 4.33. The number of nitrogens with one attached hydrogen (secondary N) is 1. The quantitative estimate of drug-likeness (QED) is 0.918. The molecule has 124 valence electrons. The first-order valence-electron chi connectivity index (χ1n) is 7.67. The predicted molar refractivity (Wildman–Crippen MR) is 90.1 cm³/mol. The molecular formula is C16H20ClN3O2S. The molecule has 2 aromatic rings. The maximum Gasteiger partial charge on any atom is 0.246 e.